The number of hydrogen-bond donors (Lipinski definition) is 1. The van der Waals surface area contributed by atoms with Crippen LogP contribution in [-0.2, 0) is 11.2 Å². The number of pyridine rings is 1. The van der Waals surface area contributed by atoms with Crippen LogP contribution < -0.4 is 5.32 Å². The van der Waals surface area contributed by atoms with Crippen molar-refractivity contribution in [1.29, 1.82) is 0 Å². The summed E-state index contributed by atoms with van der Waals surface area (Å²) in [6.07, 6.45) is 6.10. The Morgan fingerprint density at radius 1 is 1.06 bits per heavy atom. The molecular weight excluding hydrogens is 426 g/mol. The summed E-state index contributed by atoms with van der Waals surface area (Å²) in [5, 5.41) is 3.18. The van der Waals surface area contributed by atoms with Gasteiger partial charge in [0.1, 0.15) is 6.29 Å². The maximum absolute atomic E-state index is 13.3. The molecule has 0 bridgehead atoms. The van der Waals surface area contributed by atoms with E-state index >= 15 is 0 Å². The minimum Gasteiger partial charge on any atom is -0.386 e. The third kappa shape index (κ3) is 5.83. The molecule has 2 aliphatic heterocycles. The molecule has 2 fully saturated rings. The van der Waals surface area contributed by atoms with Crippen LogP contribution in [0.3, 0.4) is 0 Å². The second kappa shape index (κ2) is 11.6. The van der Waals surface area contributed by atoms with Crippen LogP contribution in [0.25, 0.3) is 11.1 Å². The number of rotatable bonds is 8. The molecule has 2 aromatic rings. The second-order valence-electron chi connectivity index (χ2n) is 9.43. The molecule has 1 amide bonds. The third-order valence-corrected chi connectivity index (χ3v) is 7.24. The van der Waals surface area contributed by atoms with Gasteiger partial charge in [-0.15, -0.1) is 0 Å². The summed E-state index contributed by atoms with van der Waals surface area (Å²) in [5.41, 5.74) is 4.68. The van der Waals surface area contributed by atoms with Gasteiger partial charge in [-0.1, -0.05) is 31.2 Å². The number of anilines is 1. The van der Waals surface area contributed by atoms with Gasteiger partial charge < -0.3 is 15.0 Å². The number of carbonyl (C=O) groups is 2. The van der Waals surface area contributed by atoms with Crippen molar-refractivity contribution < 1.29 is 9.59 Å². The van der Waals surface area contributed by atoms with E-state index < -0.39 is 0 Å². The zero-order valence-corrected chi connectivity index (χ0v) is 20.5. The van der Waals surface area contributed by atoms with Crippen LogP contribution in [0.4, 0.5) is 5.69 Å². The summed E-state index contributed by atoms with van der Waals surface area (Å²) in [5.74, 6) is 0.682. The van der Waals surface area contributed by atoms with Crippen LogP contribution in [0.2, 0.25) is 0 Å². The van der Waals surface area contributed by atoms with E-state index in [1.165, 1.54) is 5.56 Å². The van der Waals surface area contributed by atoms with Gasteiger partial charge in [-0.25, -0.2) is 4.98 Å². The van der Waals surface area contributed by atoms with Crippen LogP contribution in [0.5, 0.6) is 0 Å². The Kier molecular flexibility index (Phi) is 8.29. The standard InChI is InChI=1S/C27H37N5O2/c1-3-21-5-4-6-23(17-21)24-18-25(28-2)26(29-19-24)27(34)32-13-11-31(12-14-32)20-22-7-9-30(10-8-22)15-16-33/h4-6,16-19,22,28H,3,7-15,20H2,1-2H3. The van der Waals surface area contributed by atoms with Crippen LogP contribution in [0.15, 0.2) is 36.5 Å². The monoisotopic (exact) mass is 463 g/mol. The summed E-state index contributed by atoms with van der Waals surface area (Å²) in [6, 6.07) is 10.5. The first-order valence-electron chi connectivity index (χ1n) is 12.6. The van der Waals surface area contributed by atoms with Crippen LogP contribution in [-0.4, -0.2) is 91.3 Å². The molecule has 7 nitrogen and oxygen atoms in total. The predicted molar refractivity (Wildman–Crippen MR) is 136 cm³/mol. The van der Waals surface area contributed by atoms with Crippen molar-refractivity contribution in [3.8, 4) is 11.1 Å². The van der Waals surface area contributed by atoms with Crippen molar-refractivity contribution in [2.75, 3.05) is 64.7 Å². The van der Waals surface area contributed by atoms with E-state index in [1.807, 2.05) is 24.2 Å². The Hall–Kier alpha value is -2.77. The number of hydrogen-bond acceptors (Lipinski definition) is 6. The van der Waals surface area contributed by atoms with Crippen molar-refractivity contribution in [3.05, 3.63) is 47.8 Å². The summed E-state index contributed by atoms with van der Waals surface area (Å²) >= 11 is 0. The van der Waals surface area contributed by atoms with Crippen molar-refractivity contribution in [2.45, 2.75) is 26.2 Å². The maximum Gasteiger partial charge on any atom is 0.274 e. The Bertz CT molecular complexity index is 979. The lowest BCUT2D eigenvalue weighted by atomic mass is 9.96. The summed E-state index contributed by atoms with van der Waals surface area (Å²) < 4.78 is 0. The molecule has 0 unspecified atom stereocenters. The minimum absolute atomic E-state index is 0.0000278. The van der Waals surface area contributed by atoms with Crippen molar-refractivity contribution in [3.63, 3.8) is 0 Å². The van der Waals surface area contributed by atoms with Gasteiger partial charge in [0.05, 0.1) is 12.2 Å². The molecule has 7 heteroatoms. The Labute approximate surface area is 203 Å². The van der Waals surface area contributed by atoms with Gasteiger partial charge in [0, 0.05) is 51.5 Å². The number of piperidine rings is 1. The first-order chi connectivity index (χ1) is 16.6. The third-order valence-electron chi connectivity index (χ3n) is 7.24. The molecule has 2 aliphatic rings. The Morgan fingerprint density at radius 3 is 2.50 bits per heavy atom. The molecular formula is C27H37N5O2. The van der Waals surface area contributed by atoms with Crippen molar-refractivity contribution in [2.24, 2.45) is 5.92 Å². The summed E-state index contributed by atoms with van der Waals surface area (Å²) in [4.78, 5) is 35.3. The number of aryl methyl sites for hydroxylation is 1. The predicted octanol–water partition coefficient (Wildman–Crippen LogP) is 3.02. The van der Waals surface area contributed by atoms with E-state index in [-0.39, 0.29) is 5.91 Å². The fraction of sp³-hybridized carbons (Fsp3) is 0.519. The number of nitrogens with one attached hydrogen (secondary N) is 1. The largest absolute Gasteiger partial charge is 0.386 e. The Morgan fingerprint density at radius 2 is 1.82 bits per heavy atom. The fourth-order valence-corrected chi connectivity index (χ4v) is 5.06. The molecule has 3 heterocycles. The smallest absolute Gasteiger partial charge is 0.274 e. The van der Waals surface area contributed by atoms with Crippen molar-refractivity contribution >= 4 is 17.9 Å². The number of aldehydes is 1. The van der Waals surface area contributed by atoms with Gasteiger partial charge >= 0.3 is 0 Å². The topological polar surface area (TPSA) is 68.8 Å². The van der Waals surface area contributed by atoms with E-state index in [4.69, 9.17) is 0 Å². The molecule has 1 aromatic heterocycles. The number of aromatic nitrogens is 1. The number of benzene rings is 1. The molecule has 34 heavy (non-hydrogen) atoms. The number of amides is 1. The molecule has 1 N–H and O–H groups in total. The fourth-order valence-electron chi connectivity index (χ4n) is 5.06. The zero-order chi connectivity index (χ0) is 23.9. The Balaban J connectivity index is 1.34. The van der Waals surface area contributed by atoms with E-state index in [0.717, 1.165) is 88.2 Å². The average molecular weight is 464 g/mol. The first kappa shape index (κ1) is 24.4. The number of piperazine rings is 1. The molecule has 1 aromatic carbocycles. The molecule has 4 rings (SSSR count). The minimum atomic E-state index is 0.0000278. The lowest BCUT2D eigenvalue weighted by Gasteiger charge is -2.38. The van der Waals surface area contributed by atoms with Gasteiger partial charge in [0.2, 0.25) is 0 Å². The lowest BCUT2D eigenvalue weighted by molar-refractivity contribution is -0.109. The molecule has 2 saturated heterocycles. The van der Waals surface area contributed by atoms with E-state index in [0.29, 0.717) is 18.2 Å². The molecule has 0 saturated carbocycles. The molecule has 0 spiro atoms. The van der Waals surface area contributed by atoms with E-state index in [2.05, 4.69) is 51.3 Å². The highest BCUT2D eigenvalue weighted by Crippen LogP contribution is 2.26. The van der Waals surface area contributed by atoms with E-state index in [9.17, 15) is 9.59 Å². The first-order valence-corrected chi connectivity index (χ1v) is 12.6. The van der Waals surface area contributed by atoms with Gasteiger partial charge in [0.15, 0.2) is 5.69 Å². The zero-order valence-electron chi connectivity index (χ0n) is 20.5. The van der Waals surface area contributed by atoms with E-state index in [1.54, 1.807) is 0 Å². The average Bonchev–Trinajstić information content (AvgIpc) is 2.89. The SMILES string of the molecule is CCc1cccc(-c2cnc(C(=O)N3CCN(CC4CCN(CC=O)CC4)CC3)c(NC)c2)c1. The number of likely N-dealkylation sites (tertiary alicyclic amines) is 1. The molecule has 0 atom stereocenters. The number of carbonyl (C=O) groups excluding carboxylic acids is 2. The quantitative estimate of drug-likeness (QED) is 0.607. The van der Waals surface area contributed by atoms with Gasteiger partial charge in [-0.05, 0) is 55.5 Å². The molecule has 182 valence electrons. The normalized spacial score (nSPS) is 18.1. The van der Waals surface area contributed by atoms with Gasteiger partial charge in [-0.3, -0.25) is 14.6 Å². The van der Waals surface area contributed by atoms with Crippen molar-refractivity contribution in [1.82, 2.24) is 19.7 Å². The van der Waals surface area contributed by atoms with Crippen LogP contribution >= 0.6 is 0 Å². The van der Waals surface area contributed by atoms with Gasteiger partial charge in [-0.2, -0.15) is 0 Å². The highest BCUT2D eigenvalue weighted by Gasteiger charge is 2.27. The van der Waals surface area contributed by atoms with Gasteiger partial charge in [0.25, 0.3) is 5.91 Å². The van der Waals surface area contributed by atoms with Crippen LogP contribution in [0.1, 0.15) is 35.8 Å². The van der Waals surface area contributed by atoms with Crippen LogP contribution in [0, 0.1) is 5.92 Å². The molecule has 0 radical (unpaired) electrons. The summed E-state index contributed by atoms with van der Waals surface area (Å²) in [6.45, 7) is 9.08. The maximum atomic E-state index is 13.3. The lowest BCUT2D eigenvalue weighted by Crippen LogP contribution is -2.50. The summed E-state index contributed by atoms with van der Waals surface area (Å²) in [7, 11) is 1.85. The molecule has 0 aliphatic carbocycles. The number of nitrogens with zero attached hydrogens (tertiary/aromatic N) is 4. The highest BCUT2D eigenvalue weighted by atomic mass is 16.2. The highest BCUT2D eigenvalue weighted by molar-refractivity contribution is 5.98. The second-order valence-corrected chi connectivity index (χ2v) is 9.43.